The molecule has 0 saturated carbocycles. The van der Waals surface area contributed by atoms with Crippen LogP contribution in [0.5, 0.6) is 0 Å². The molecule has 1 rings (SSSR count). The Labute approximate surface area is 112 Å². The Morgan fingerprint density at radius 1 is 1.47 bits per heavy atom. The van der Waals surface area contributed by atoms with Crippen LogP contribution < -0.4 is 5.73 Å². The molecule has 0 fully saturated rings. The van der Waals surface area contributed by atoms with Crippen molar-refractivity contribution in [3.63, 3.8) is 0 Å². The van der Waals surface area contributed by atoms with Crippen LogP contribution in [0, 0.1) is 22.5 Å². The molecule has 104 valence electrons. The van der Waals surface area contributed by atoms with Crippen LogP contribution in [0.3, 0.4) is 0 Å². The topological polar surface area (TPSA) is 90.8 Å². The van der Waals surface area contributed by atoms with Gasteiger partial charge in [-0.15, -0.1) is 0 Å². The lowest BCUT2D eigenvalue weighted by atomic mass is 9.96. The normalized spacial score (nSPS) is 12.3. The van der Waals surface area contributed by atoms with Crippen molar-refractivity contribution in [2.45, 2.75) is 34.3 Å². The van der Waals surface area contributed by atoms with Crippen molar-refractivity contribution < 1.29 is 9.76 Å². The molecule has 6 nitrogen and oxygen atoms in total. The van der Waals surface area contributed by atoms with Crippen LogP contribution in [-0.2, 0) is 11.4 Å². The lowest BCUT2D eigenvalue weighted by Crippen LogP contribution is -2.29. The van der Waals surface area contributed by atoms with Gasteiger partial charge in [0.15, 0.2) is 0 Å². The maximum absolute atomic E-state index is 10.8. The van der Waals surface area contributed by atoms with Crippen LogP contribution in [0.2, 0.25) is 0 Å². The molecule has 0 aliphatic carbocycles. The van der Waals surface area contributed by atoms with Crippen molar-refractivity contribution in [1.82, 2.24) is 0 Å². The smallest absolute Gasteiger partial charge is 0.272 e. The van der Waals surface area contributed by atoms with Gasteiger partial charge in [-0.1, -0.05) is 38.1 Å². The molecule has 19 heavy (non-hydrogen) atoms. The number of rotatable bonds is 4. The summed E-state index contributed by atoms with van der Waals surface area (Å²) in [6, 6.07) is 4.86. The summed E-state index contributed by atoms with van der Waals surface area (Å²) in [6.45, 7) is 7.62. The molecule has 0 saturated heterocycles. The van der Waals surface area contributed by atoms with E-state index >= 15 is 0 Å². The molecule has 0 aliphatic rings. The Morgan fingerprint density at radius 2 is 2.11 bits per heavy atom. The Balaban J connectivity index is 2.80. The van der Waals surface area contributed by atoms with E-state index in [1.165, 1.54) is 6.07 Å². The van der Waals surface area contributed by atoms with E-state index in [-0.39, 0.29) is 17.7 Å². The molecule has 2 N–H and O–H groups in total. The first-order chi connectivity index (χ1) is 8.73. The summed E-state index contributed by atoms with van der Waals surface area (Å²) < 4.78 is 0. The molecular formula is C13H19N3O3. The molecule has 0 aliphatic heterocycles. The van der Waals surface area contributed by atoms with E-state index in [4.69, 9.17) is 10.6 Å². The van der Waals surface area contributed by atoms with Crippen LogP contribution in [-0.4, -0.2) is 10.8 Å². The van der Waals surface area contributed by atoms with Gasteiger partial charge >= 0.3 is 0 Å². The molecule has 0 heterocycles. The Kier molecular flexibility index (Phi) is 4.47. The fourth-order valence-electron chi connectivity index (χ4n) is 1.33. The predicted molar refractivity (Wildman–Crippen MR) is 73.7 cm³/mol. The van der Waals surface area contributed by atoms with Gasteiger partial charge in [0.05, 0.1) is 4.92 Å². The number of nitro groups is 1. The van der Waals surface area contributed by atoms with Crippen LogP contribution in [0.4, 0.5) is 5.69 Å². The molecule has 1 aromatic carbocycles. The van der Waals surface area contributed by atoms with Gasteiger partial charge in [0.2, 0.25) is 0 Å². The maximum Gasteiger partial charge on any atom is 0.272 e. The molecule has 0 aromatic heterocycles. The minimum atomic E-state index is -0.411. The van der Waals surface area contributed by atoms with Gasteiger partial charge in [0.25, 0.3) is 5.69 Å². The van der Waals surface area contributed by atoms with E-state index in [0.29, 0.717) is 11.4 Å². The van der Waals surface area contributed by atoms with Gasteiger partial charge in [-0.3, -0.25) is 10.1 Å². The zero-order chi connectivity index (χ0) is 14.6. The van der Waals surface area contributed by atoms with Crippen LogP contribution in [0.25, 0.3) is 0 Å². The molecule has 0 bridgehead atoms. The average Bonchev–Trinajstić information content (AvgIpc) is 2.29. The van der Waals surface area contributed by atoms with Crippen LogP contribution >= 0.6 is 0 Å². The SMILES string of the molecule is Cc1c(CON=C(N)C(C)(C)C)cccc1[N+](=O)[O-]. The van der Waals surface area contributed by atoms with Crippen LogP contribution in [0.15, 0.2) is 23.4 Å². The number of hydrogen-bond donors (Lipinski definition) is 1. The van der Waals surface area contributed by atoms with Crippen molar-refractivity contribution in [2.24, 2.45) is 16.3 Å². The second kappa shape index (κ2) is 5.69. The highest BCUT2D eigenvalue weighted by atomic mass is 16.6. The molecule has 0 spiro atoms. The number of benzene rings is 1. The third kappa shape index (κ3) is 3.94. The molecule has 0 radical (unpaired) electrons. The number of nitro benzene ring substituents is 1. The fourth-order valence-corrected chi connectivity index (χ4v) is 1.33. The van der Waals surface area contributed by atoms with Gasteiger partial charge in [0.1, 0.15) is 12.4 Å². The fraction of sp³-hybridized carbons (Fsp3) is 0.462. The Morgan fingerprint density at radius 3 is 2.63 bits per heavy atom. The van der Waals surface area contributed by atoms with Gasteiger partial charge in [-0.2, -0.15) is 0 Å². The number of hydrogen-bond acceptors (Lipinski definition) is 4. The van der Waals surface area contributed by atoms with E-state index in [0.717, 1.165) is 5.56 Å². The van der Waals surface area contributed by atoms with Crippen molar-refractivity contribution in [2.75, 3.05) is 0 Å². The second-order valence-electron chi connectivity index (χ2n) is 5.32. The van der Waals surface area contributed by atoms with E-state index in [1.54, 1.807) is 19.1 Å². The highest BCUT2D eigenvalue weighted by molar-refractivity contribution is 5.84. The van der Waals surface area contributed by atoms with Gasteiger partial charge < -0.3 is 10.6 Å². The number of amidine groups is 1. The number of nitrogens with zero attached hydrogens (tertiary/aromatic N) is 2. The first kappa shape index (κ1) is 14.9. The summed E-state index contributed by atoms with van der Waals surface area (Å²) in [4.78, 5) is 15.6. The summed E-state index contributed by atoms with van der Waals surface area (Å²) in [5, 5.41) is 14.6. The summed E-state index contributed by atoms with van der Waals surface area (Å²) >= 11 is 0. The van der Waals surface area contributed by atoms with E-state index in [1.807, 2.05) is 20.8 Å². The van der Waals surface area contributed by atoms with Crippen molar-refractivity contribution in [1.29, 1.82) is 0 Å². The van der Waals surface area contributed by atoms with Gasteiger partial charge in [-0.05, 0) is 6.92 Å². The zero-order valence-corrected chi connectivity index (χ0v) is 11.6. The number of nitrogens with two attached hydrogens (primary N) is 1. The lowest BCUT2D eigenvalue weighted by Gasteiger charge is -2.16. The van der Waals surface area contributed by atoms with Gasteiger partial charge in [-0.25, -0.2) is 0 Å². The summed E-state index contributed by atoms with van der Waals surface area (Å²) in [5.74, 6) is 0.385. The monoisotopic (exact) mass is 265 g/mol. The first-order valence-corrected chi connectivity index (χ1v) is 5.92. The summed E-state index contributed by atoms with van der Waals surface area (Å²) in [6.07, 6.45) is 0. The molecule has 0 amide bonds. The van der Waals surface area contributed by atoms with Crippen LogP contribution in [0.1, 0.15) is 31.9 Å². The molecule has 0 atom stereocenters. The third-order valence-electron chi connectivity index (χ3n) is 2.77. The first-order valence-electron chi connectivity index (χ1n) is 5.92. The molecule has 6 heteroatoms. The lowest BCUT2D eigenvalue weighted by molar-refractivity contribution is -0.385. The molecule has 0 unspecified atom stereocenters. The molecular weight excluding hydrogens is 246 g/mol. The average molecular weight is 265 g/mol. The van der Waals surface area contributed by atoms with E-state index < -0.39 is 4.92 Å². The molecule has 1 aromatic rings. The quantitative estimate of drug-likeness (QED) is 0.392. The highest BCUT2D eigenvalue weighted by Gasteiger charge is 2.17. The second-order valence-corrected chi connectivity index (χ2v) is 5.32. The Hall–Kier alpha value is -2.11. The zero-order valence-electron chi connectivity index (χ0n) is 11.6. The summed E-state index contributed by atoms with van der Waals surface area (Å²) in [7, 11) is 0. The maximum atomic E-state index is 10.8. The number of oxime groups is 1. The van der Waals surface area contributed by atoms with E-state index in [2.05, 4.69) is 5.16 Å². The van der Waals surface area contributed by atoms with Crippen molar-refractivity contribution in [3.05, 3.63) is 39.4 Å². The van der Waals surface area contributed by atoms with E-state index in [9.17, 15) is 10.1 Å². The standard InChI is InChI=1S/C13H19N3O3/c1-9-10(6-5-7-11(9)16(17)18)8-19-15-12(14)13(2,3)4/h5-7H,8H2,1-4H3,(H2,14,15). The largest absolute Gasteiger partial charge is 0.389 e. The Bertz CT molecular complexity index is 504. The van der Waals surface area contributed by atoms with Gasteiger partial charge in [0, 0.05) is 22.6 Å². The minimum absolute atomic E-state index is 0.0777. The van der Waals surface area contributed by atoms with Crippen molar-refractivity contribution >= 4 is 11.5 Å². The highest BCUT2D eigenvalue weighted by Crippen LogP contribution is 2.21. The van der Waals surface area contributed by atoms with Crippen molar-refractivity contribution in [3.8, 4) is 0 Å². The third-order valence-corrected chi connectivity index (χ3v) is 2.77. The minimum Gasteiger partial charge on any atom is -0.389 e. The predicted octanol–water partition coefficient (Wildman–Crippen LogP) is 2.74. The summed E-state index contributed by atoms with van der Waals surface area (Å²) in [5.41, 5.74) is 6.86.